The zero-order chi connectivity index (χ0) is 22.0. The number of fused-ring (bicyclic) bond motifs is 1. The van der Waals surface area contributed by atoms with E-state index in [1.807, 2.05) is 6.07 Å². The third-order valence-electron chi connectivity index (χ3n) is 6.38. The number of nitrogens with zero attached hydrogens (tertiary/aromatic N) is 3. The minimum absolute atomic E-state index is 0.142. The van der Waals surface area contributed by atoms with Gasteiger partial charge < -0.3 is 15.7 Å². The highest BCUT2D eigenvalue weighted by molar-refractivity contribution is 5.73. The minimum atomic E-state index is -0.313. The molecule has 162 valence electrons. The van der Waals surface area contributed by atoms with Gasteiger partial charge in [-0.15, -0.1) is 0 Å². The molecule has 2 atom stereocenters. The Kier molecular flexibility index (Phi) is 5.92. The summed E-state index contributed by atoms with van der Waals surface area (Å²) < 4.78 is 13.6. The summed E-state index contributed by atoms with van der Waals surface area (Å²) in [6, 6.07) is 7.23. The fraction of sp³-hybridized carbons (Fsp3) is 0.458. The maximum atomic E-state index is 13.6. The molecule has 0 radical (unpaired) electrons. The first-order chi connectivity index (χ1) is 14.9. The Bertz CT molecular complexity index is 1040. The van der Waals surface area contributed by atoms with E-state index in [9.17, 15) is 14.8 Å². The van der Waals surface area contributed by atoms with Gasteiger partial charge in [-0.3, -0.25) is 0 Å². The number of benzene rings is 1. The lowest BCUT2D eigenvalue weighted by molar-refractivity contribution is 0.00926. The molecule has 3 N–H and O–H groups in total. The molecule has 0 saturated heterocycles. The number of aliphatic hydroxyl groups excluding tert-OH is 1. The van der Waals surface area contributed by atoms with Crippen molar-refractivity contribution in [1.29, 1.82) is 5.26 Å². The first-order valence-electron chi connectivity index (χ1n) is 10.8. The van der Waals surface area contributed by atoms with Crippen LogP contribution in [0.3, 0.4) is 0 Å². The van der Waals surface area contributed by atoms with Gasteiger partial charge in [-0.2, -0.15) is 10.2 Å². The van der Waals surface area contributed by atoms with Gasteiger partial charge in [0.25, 0.3) is 0 Å². The molecule has 1 saturated carbocycles. The highest BCUT2D eigenvalue weighted by atomic mass is 19.1. The van der Waals surface area contributed by atoms with E-state index in [-0.39, 0.29) is 23.4 Å². The molecule has 0 amide bonds. The van der Waals surface area contributed by atoms with E-state index in [1.54, 1.807) is 6.07 Å². The summed E-state index contributed by atoms with van der Waals surface area (Å²) >= 11 is 0. The SMILES string of the molecule is CC1(C)C[C@H](Nc2nc(NCCC3=CCc4ccc(F)cc43)ncc2C#N)CC[C@@H]1O. The number of aromatic nitrogens is 2. The maximum Gasteiger partial charge on any atom is 0.224 e. The Morgan fingerprint density at radius 3 is 2.94 bits per heavy atom. The first kappa shape index (κ1) is 21.3. The summed E-state index contributed by atoms with van der Waals surface area (Å²) in [7, 11) is 0. The van der Waals surface area contributed by atoms with Crippen LogP contribution in [0.4, 0.5) is 16.2 Å². The number of rotatable bonds is 6. The average Bonchev–Trinajstić information content (AvgIpc) is 3.13. The van der Waals surface area contributed by atoms with Crippen molar-refractivity contribution in [3.63, 3.8) is 0 Å². The summed E-state index contributed by atoms with van der Waals surface area (Å²) in [5, 5.41) is 26.3. The molecule has 1 aromatic carbocycles. The second kappa shape index (κ2) is 8.64. The van der Waals surface area contributed by atoms with Crippen molar-refractivity contribution in [2.75, 3.05) is 17.2 Å². The van der Waals surface area contributed by atoms with Crippen LogP contribution in [-0.4, -0.2) is 33.8 Å². The maximum absolute atomic E-state index is 13.6. The Hall–Kier alpha value is -2.98. The van der Waals surface area contributed by atoms with Crippen LogP contribution in [0.25, 0.3) is 5.57 Å². The van der Waals surface area contributed by atoms with Crippen molar-refractivity contribution >= 4 is 17.3 Å². The number of nitrogens with one attached hydrogen (secondary N) is 2. The van der Waals surface area contributed by atoms with Crippen molar-refractivity contribution in [1.82, 2.24) is 9.97 Å². The quantitative estimate of drug-likeness (QED) is 0.645. The van der Waals surface area contributed by atoms with Gasteiger partial charge >= 0.3 is 0 Å². The molecule has 0 unspecified atom stereocenters. The van der Waals surface area contributed by atoms with Crippen LogP contribution in [-0.2, 0) is 6.42 Å². The van der Waals surface area contributed by atoms with Crippen LogP contribution in [0.15, 0.2) is 30.5 Å². The predicted molar refractivity (Wildman–Crippen MR) is 119 cm³/mol. The number of hydrogen-bond donors (Lipinski definition) is 3. The van der Waals surface area contributed by atoms with Gasteiger partial charge in [0.1, 0.15) is 23.3 Å². The molecule has 2 aliphatic rings. The standard InChI is InChI=1S/C24H28FN5O/c1-24(2)12-19(7-8-21(24)31)29-22-17(13-26)14-28-23(30-22)27-10-9-16-4-3-15-5-6-18(25)11-20(15)16/h4-6,11,14,19,21,31H,3,7-10,12H2,1-2H3,(H2,27,28,29,30)/t19-,21+/m1/s1. The zero-order valence-corrected chi connectivity index (χ0v) is 18.0. The van der Waals surface area contributed by atoms with E-state index < -0.39 is 0 Å². The lowest BCUT2D eigenvalue weighted by Gasteiger charge is -2.40. The van der Waals surface area contributed by atoms with Crippen LogP contribution < -0.4 is 10.6 Å². The highest BCUT2D eigenvalue weighted by Crippen LogP contribution is 2.37. The minimum Gasteiger partial charge on any atom is -0.393 e. The number of hydrogen-bond acceptors (Lipinski definition) is 6. The van der Waals surface area contributed by atoms with Crippen LogP contribution in [0.1, 0.15) is 56.2 Å². The average molecular weight is 422 g/mol. The third kappa shape index (κ3) is 4.70. The molecule has 2 aliphatic carbocycles. The van der Waals surface area contributed by atoms with Crippen molar-refractivity contribution in [2.45, 2.75) is 58.1 Å². The molecule has 1 fully saturated rings. The van der Waals surface area contributed by atoms with Crippen molar-refractivity contribution in [2.24, 2.45) is 5.41 Å². The molecule has 0 aliphatic heterocycles. The molecule has 7 heteroatoms. The molecule has 2 aromatic rings. The fourth-order valence-electron chi connectivity index (χ4n) is 4.51. The van der Waals surface area contributed by atoms with Crippen molar-refractivity contribution < 1.29 is 9.50 Å². The number of nitriles is 1. The van der Waals surface area contributed by atoms with E-state index >= 15 is 0 Å². The molecular formula is C24H28FN5O. The van der Waals surface area contributed by atoms with E-state index in [0.717, 1.165) is 48.8 Å². The predicted octanol–water partition coefficient (Wildman–Crippen LogP) is 4.28. The molecule has 1 aromatic heterocycles. The van der Waals surface area contributed by atoms with E-state index in [0.29, 0.717) is 23.9 Å². The molecule has 0 spiro atoms. The van der Waals surface area contributed by atoms with E-state index in [1.165, 1.54) is 12.3 Å². The normalized spacial score (nSPS) is 21.7. The Labute approximate surface area is 182 Å². The van der Waals surface area contributed by atoms with Gasteiger partial charge in [0.2, 0.25) is 5.95 Å². The molecule has 6 nitrogen and oxygen atoms in total. The van der Waals surface area contributed by atoms with Gasteiger partial charge in [0.05, 0.1) is 12.3 Å². The van der Waals surface area contributed by atoms with Gasteiger partial charge in [-0.05, 0) is 66.4 Å². The number of halogens is 1. The molecule has 0 bridgehead atoms. The topological polar surface area (TPSA) is 93.9 Å². The fourth-order valence-corrected chi connectivity index (χ4v) is 4.51. The van der Waals surface area contributed by atoms with Crippen LogP contribution in [0.2, 0.25) is 0 Å². The lowest BCUT2D eigenvalue weighted by atomic mass is 9.73. The van der Waals surface area contributed by atoms with Crippen LogP contribution in [0, 0.1) is 22.6 Å². The molecule has 4 rings (SSSR count). The molecule has 1 heterocycles. The Morgan fingerprint density at radius 1 is 1.32 bits per heavy atom. The monoisotopic (exact) mass is 421 g/mol. The van der Waals surface area contributed by atoms with Gasteiger partial charge in [-0.25, -0.2) is 9.37 Å². The Balaban J connectivity index is 1.39. The highest BCUT2D eigenvalue weighted by Gasteiger charge is 2.35. The van der Waals surface area contributed by atoms with E-state index in [4.69, 9.17) is 0 Å². The van der Waals surface area contributed by atoms with Crippen molar-refractivity contribution in [3.05, 3.63) is 53.0 Å². The number of anilines is 2. The Morgan fingerprint density at radius 2 is 2.16 bits per heavy atom. The van der Waals surface area contributed by atoms with Crippen LogP contribution in [0.5, 0.6) is 0 Å². The van der Waals surface area contributed by atoms with Gasteiger partial charge in [0, 0.05) is 12.6 Å². The summed E-state index contributed by atoms with van der Waals surface area (Å²) in [5.41, 5.74) is 3.47. The van der Waals surface area contributed by atoms with Gasteiger partial charge in [0.15, 0.2) is 0 Å². The summed E-state index contributed by atoms with van der Waals surface area (Å²) in [5.74, 6) is 0.753. The van der Waals surface area contributed by atoms with Gasteiger partial charge in [-0.1, -0.05) is 26.0 Å². The summed E-state index contributed by atoms with van der Waals surface area (Å²) in [6.45, 7) is 4.73. The number of allylic oxidation sites excluding steroid dienone is 1. The smallest absolute Gasteiger partial charge is 0.224 e. The number of aliphatic hydroxyl groups is 1. The second-order valence-corrected chi connectivity index (χ2v) is 9.11. The molecular weight excluding hydrogens is 393 g/mol. The lowest BCUT2D eigenvalue weighted by Crippen LogP contribution is -2.41. The first-order valence-corrected chi connectivity index (χ1v) is 10.8. The summed E-state index contributed by atoms with van der Waals surface area (Å²) in [6.07, 6.45) is 7.27. The van der Waals surface area contributed by atoms with Crippen molar-refractivity contribution in [3.8, 4) is 6.07 Å². The molecule has 31 heavy (non-hydrogen) atoms. The van der Waals surface area contributed by atoms with Crippen LogP contribution >= 0.6 is 0 Å². The summed E-state index contributed by atoms with van der Waals surface area (Å²) in [4.78, 5) is 8.79. The zero-order valence-electron chi connectivity index (χ0n) is 18.0. The second-order valence-electron chi connectivity index (χ2n) is 9.11. The third-order valence-corrected chi connectivity index (χ3v) is 6.38. The van der Waals surface area contributed by atoms with E-state index in [2.05, 4.69) is 46.6 Å². The largest absolute Gasteiger partial charge is 0.393 e.